The molecule has 0 amide bonds. The number of nitrogens with zero attached hydrogens (tertiary/aromatic N) is 2. The third kappa shape index (κ3) is 2.78. The molecule has 0 atom stereocenters. The predicted octanol–water partition coefficient (Wildman–Crippen LogP) is 1.68. The fourth-order valence-corrected chi connectivity index (χ4v) is 1.71. The van der Waals surface area contributed by atoms with Gasteiger partial charge in [0.2, 0.25) is 0 Å². The molecule has 0 aliphatic rings. The van der Waals surface area contributed by atoms with Crippen LogP contribution in [0.3, 0.4) is 0 Å². The lowest BCUT2D eigenvalue weighted by Gasteiger charge is -2.18. The Hall–Kier alpha value is -0.940. The van der Waals surface area contributed by atoms with Gasteiger partial charge in [0, 0.05) is 11.4 Å². The van der Waals surface area contributed by atoms with Gasteiger partial charge in [-0.25, -0.2) is 9.78 Å². The molecule has 14 heavy (non-hydrogen) atoms. The molecule has 0 fully saturated rings. The number of rotatable bonds is 4. The Balaban J connectivity index is 2.64. The first-order valence-electron chi connectivity index (χ1n) is 4.38. The van der Waals surface area contributed by atoms with E-state index in [0.717, 1.165) is 5.01 Å². The van der Waals surface area contributed by atoms with E-state index in [4.69, 9.17) is 5.11 Å². The third-order valence-corrected chi connectivity index (χ3v) is 2.87. The topological polar surface area (TPSA) is 53.4 Å². The van der Waals surface area contributed by atoms with Gasteiger partial charge in [0.05, 0.1) is 6.54 Å². The summed E-state index contributed by atoms with van der Waals surface area (Å²) >= 11 is 1.39. The third-order valence-electron chi connectivity index (χ3n) is 2.04. The van der Waals surface area contributed by atoms with Crippen molar-refractivity contribution in [1.82, 2.24) is 9.88 Å². The summed E-state index contributed by atoms with van der Waals surface area (Å²) in [6.07, 6.45) is 0. The first-order chi connectivity index (χ1) is 6.50. The summed E-state index contributed by atoms with van der Waals surface area (Å²) < 4.78 is 0. The van der Waals surface area contributed by atoms with E-state index >= 15 is 0 Å². The largest absolute Gasteiger partial charge is 0.476 e. The summed E-state index contributed by atoms with van der Waals surface area (Å²) in [6, 6.07) is 0.437. The number of carboxylic acids is 1. The highest BCUT2D eigenvalue weighted by atomic mass is 32.1. The summed E-state index contributed by atoms with van der Waals surface area (Å²) in [5, 5.41) is 11.1. The van der Waals surface area contributed by atoms with Gasteiger partial charge < -0.3 is 5.11 Å². The van der Waals surface area contributed by atoms with E-state index in [-0.39, 0.29) is 5.69 Å². The molecule has 4 nitrogen and oxygen atoms in total. The van der Waals surface area contributed by atoms with Crippen molar-refractivity contribution >= 4 is 17.3 Å². The van der Waals surface area contributed by atoms with Gasteiger partial charge in [0.1, 0.15) is 5.01 Å². The van der Waals surface area contributed by atoms with Crippen molar-refractivity contribution < 1.29 is 9.90 Å². The van der Waals surface area contributed by atoms with Crippen LogP contribution in [0.2, 0.25) is 0 Å². The van der Waals surface area contributed by atoms with Gasteiger partial charge in [-0.1, -0.05) is 0 Å². The highest BCUT2D eigenvalue weighted by Crippen LogP contribution is 2.12. The number of hydrogen-bond donors (Lipinski definition) is 1. The molecule has 0 saturated carbocycles. The highest BCUT2D eigenvalue weighted by molar-refractivity contribution is 7.09. The summed E-state index contributed by atoms with van der Waals surface area (Å²) in [5.41, 5.74) is 0.141. The Morgan fingerprint density at radius 3 is 2.79 bits per heavy atom. The molecule has 0 radical (unpaired) electrons. The van der Waals surface area contributed by atoms with E-state index in [2.05, 4.69) is 23.7 Å². The lowest BCUT2D eigenvalue weighted by molar-refractivity contribution is 0.0691. The molecule has 0 spiro atoms. The Morgan fingerprint density at radius 2 is 2.36 bits per heavy atom. The number of carbonyl (C=O) groups is 1. The molecular weight excluding hydrogens is 200 g/mol. The van der Waals surface area contributed by atoms with E-state index in [9.17, 15) is 4.79 Å². The van der Waals surface area contributed by atoms with Gasteiger partial charge in [0.25, 0.3) is 0 Å². The molecule has 1 heterocycles. The summed E-state index contributed by atoms with van der Waals surface area (Å²) in [7, 11) is 1.99. The lowest BCUT2D eigenvalue weighted by Crippen LogP contribution is -2.25. The fraction of sp³-hybridized carbons (Fsp3) is 0.556. The molecule has 1 aromatic heterocycles. The zero-order valence-corrected chi connectivity index (χ0v) is 9.34. The quantitative estimate of drug-likeness (QED) is 0.828. The van der Waals surface area contributed by atoms with E-state index in [1.54, 1.807) is 5.38 Å². The molecule has 0 unspecified atom stereocenters. The van der Waals surface area contributed by atoms with Crippen molar-refractivity contribution in [3.8, 4) is 0 Å². The molecule has 0 aliphatic heterocycles. The van der Waals surface area contributed by atoms with Crippen molar-refractivity contribution in [2.75, 3.05) is 7.05 Å². The van der Waals surface area contributed by atoms with Crippen molar-refractivity contribution in [3.63, 3.8) is 0 Å². The highest BCUT2D eigenvalue weighted by Gasteiger charge is 2.11. The zero-order valence-electron chi connectivity index (χ0n) is 8.52. The van der Waals surface area contributed by atoms with Crippen molar-refractivity contribution in [2.45, 2.75) is 26.4 Å². The van der Waals surface area contributed by atoms with Gasteiger partial charge in [0.15, 0.2) is 5.69 Å². The van der Waals surface area contributed by atoms with Crippen LogP contribution >= 0.6 is 11.3 Å². The van der Waals surface area contributed by atoms with Gasteiger partial charge in [-0.2, -0.15) is 0 Å². The number of aromatic nitrogens is 1. The Bertz CT molecular complexity index is 322. The van der Waals surface area contributed by atoms with Gasteiger partial charge >= 0.3 is 5.97 Å². The molecule has 78 valence electrons. The summed E-state index contributed by atoms with van der Waals surface area (Å²) in [4.78, 5) is 16.7. The van der Waals surface area contributed by atoms with Crippen molar-refractivity contribution in [2.24, 2.45) is 0 Å². The van der Waals surface area contributed by atoms with E-state index in [1.807, 2.05) is 7.05 Å². The molecule has 0 aliphatic carbocycles. The minimum absolute atomic E-state index is 0.141. The molecule has 1 N–H and O–H groups in total. The SMILES string of the molecule is CC(C)N(C)Cc1nc(C(=O)O)cs1. The van der Waals surface area contributed by atoms with Crippen LogP contribution in [-0.4, -0.2) is 34.0 Å². The van der Waals surface area contributed by atoms with Crippen molar-refractivity contribution in [3.05, 3.63) is 16.1 Å². The maximum Gasteiger partial charge on any atom is 0.355 e. The second-order valence-corrected chi connectivity index (χ2v) is 4.38. The van der Waals surface area contributed by atoms with Crippen LogP contribution in [0.1, 0.15) is 29.3 Å². The first-order valence-corrected chi connectivity index (χ1v) is 5.26. The van der Waals surface area contributed by atoms with Gasteiger partial charge in [-0.15, -0.1) is 11.3 Å². The normalized spacial score (nSPS) is 11.2. The molecule has 0 saturated heterocycles. The second kappa shape index (κ2) is 4.52. The van der Waals surface area contributed by atoms with Crippen molar-refractivity contribution in [1.29, 1.82) is 0 Å². The lowest BCUT2D eigenvalue weighted by atomic mass is 10.3. The Kier molecular flexibility index (Phi) is 3.60. The van der Waals surface area contributed by atoms with E-state index < -0.39 is 5.97 Å². The minimum atomic E-state index is -0.959. The monoisotopic (exact) mass is 214 g/mol. The molecule has 1 rings (SSSR count). The van der Waals surface area contributed by atoms with Crippen LogP contribution < -0.4 is 0 Å². The first kappa shape index (κ1) is 11.1. The standard InChI is InChI=1S/C9H14N2O2S/c1-6(2)11(3)4-8-10-7(5-14-8)9(12)13/h5-6H,4H2,1-3H3,(H,12,13). The molecule has 0 aromatic carbocycles. The maximum absolute atomic E-state index is 10.6. The van der Waals surface area contributed by atoms with Crippen LogP contribution in [0.4, 0.5) is 0 Å². The Labute approximate surface area is 87.2 Å². The van der Waals surface area contributed by atoms with Crippen LogP contribution in [0.25, 0.3) is 0 Å². The number of hydrogen-bond acceptors (Lipinski definition) is 4. The van der Waals surface area contributed by atoms with Crippen LogP contribution in [0.5, 0.6) is 0 Å². The van der Waals surface area contributed by atoms with Gasteiger partial charge in [-0.3, -0.25) is 4.90 Å². The maximum atomic E-state index is 10.6. The minimum Gasteiger partial charge on any atom is -0.476 e. The number of thiazole rings is 1. The summed E-state index contributed by atoms with van der Waals surface area (Å²) in [6.45, 7) is 4.88. The number of carboxylic acid groups (broad SMARTS) is 1. The zero-order chi connectivity index (χ0) is 10.7. The molecular formula is C9H14N2O2S. The summed E-state index contributed by atoms with van der Waals surface area (Å²) in [5.74, 6) is -0.959. The second-order valence-electron chi connectivity index (χ2n) is 3.44. The average Bonchev–Trinajstić information content (AvgIpc) is 2.52. The molecule has 1 aromatic rings. The smallest absolute Gasteiger partial charge is 0.355 e. The van der Waals surface area contributed by atoms with Crippen LogP contribution in [0.15, 0.2) is 5.38 Å². The van der Waals surface area contributed by atoms with Crippen LogP contribution in [0, 0.1) is 0 Å². The molecule has 5 heteroatoms. The van der Waals surface area contributed by atoms with Gasteiger partial charge in [-0.05, 0) is 20.9 Å². The number of aromatic carboxylic acids is 1. The predicted molar refractivity (Wildman–Crippen MR) is 55.7 cm³/mol. The Morgan fingerprint density at radius 1 is 1.71 bits per heavy atom. The fourth-order valence-electron chi connectivity index (χ4n) is 0.878. The van der Waals surface area contributed by atoms with E-state index in [0.29, 0.717) is 12.6 Å². The van der Waals surface area contributed by atoms with E-state index in [1.165, 1.54) is 11.3 Å². The molecule has 0 bridgehead atoms. The van der Waals surface area contributed by atoms with Crippen LogP contribution in [-0.2, 0) is 6.54 Å². The average molecular weight is 214 g/mol.